The first-order chi connectivity index (χ1) is 21.5. The van der Waals surface area contributed by atoms with Gasteiger partial charge >= 0.3 is 10.8 Å². The van der Waals surface area contributed by atoms with Gasteiger partial charge in [-0.1, -0.05) is 37.3 Å². The number of ether oxygens (including phenoxy) is 1. The van der Waals surface area contributed by atoms with Crippen LogP contribution in [0.25, 0.3) is 0 Å². The molecule has 13 heteroatoms. The number of thioether (sulfide) groups is 1. The first-order valence-electron chi connectivity index (χ1n) is 14.8. The zero-order chi connectivity index (χ0) is 31.7. The molecule has 45 heavy (non-hydrogen) atoms. The second kappa shape index (κ2) is 11.1. The van der Waals surface area contributed by atoms with Gasteiger partial charge in [0.2, 0.25) is 11.8 Å². The lowest BCUT2D eigenvalue weighted by Crippen LogP contribution is -2.49. The van der Waals surface area contributed by atoms with E-state index in [4.69, 9.17) is 4.74 Å². The summed E-state index contributed by atoms with van der Waals surface area (Å²) in [6, 6.07) is 11.5. The van der Waals surface area contributed by atoms with Crippen LogP contribution in [-0.4, -0.2) is 56.6 Å². The average molecular weight is 652 g/mol. The molecule has 2 aromatic carbocycles. The molecule has 3 heterocycles. The minimum Gasteiger partial charge on any atom is -0.484 e. The molecule has 10 nitrogen and oxygen atoms in total. The number of nitrogens with one attached hydrogen (secondary N) is 2. The molecule has 2 bridgehead atoms. The number of halogens is 1. The van der Waals surface area contributed by atoms with Crippen molar-refractivity contribution in [3.8, 4) is 5.75 Å². The topological polar surface area (TPSA) is 146 Å². The lowest BCUT2D eigenvalue weighted by molar-refractivity contribution is -0.157. The number of carboxylic acids is 1. The average Bonchev–Trinajstić information content (AvgIpc) is 3.73. The van der Waals surface area contributed by atoms with Crippen LogP contribution < -0.4 is 14.9 Å². The molecule has 234 valence electrons. The number of amides is 3. The Kier molecular flexibility index (Phi) is 7.35. The van der Waals surface area contributed by atoms with Crippen molar-refractivity contribution >= 4 is 52.5 Å². The van der Waals surface area contributed by atoms with Gasteiger partial charge in [-0.15, -0.1) is 11.8 Å². The van der Waals surface area contributed by atoms with Gasteiger partial charge in [0.15, 0.2) is 6.61 Å². The Morgan fingerprint density at radius 3 is 2.36 bits per heavy atom. The summed E-state index contributed by atoms with van der Waals surface area (Å²) in [5, 5.41) is 13.3. The van der Waals surface area contributed by atoms with E-state index >= 15 is 0 Å². The van der Waals surface area contributed by atoms with Gasteiger partial charge in [-0.05, 0) is 72.1 Å². The molecule has 2 aliphatic carbocycles. The number of hydrogen-bond donors (Lipinski definition) is 3. The lowest BCUT2D eigenvalue weighted by Gasteiger charge is -2.43. The van der Waals surface area contributed by atoms with Crippen molar-refractivity contribution in [2.75, 3.05) is 11.9 Å². The Balaban J connectivity index is 1.14. The van der Waals surface area contributed by atoms with Crippen LogP contribution in [0.2, 0.25) is 0 Å². The Morgan fingerprint density at radius 1 is 1.04 bits per heavy atom. The van der Waals surface area contributed by atoms with Gasteiger partial charge in [-0.3, -0.25) is 24.1 Å². The number of anilines is 1. The zero-order valence-electron chi connectivity index (χ0n) is 24.3. The third-order valence-corrected chi connectivity index (χ3v) is 12.2. The summed E-state index contributed by atoms with van der Waals surface area (Å²) in [7, 11) is 0. The molecule has 3 fully saturated rings. The summed E-state index contributed by atoms with van der Waals surface area (Å²) >= 11 is 2.72. The number of fused-ring (bicyclic) bond motifs is 9. The van der Waals surface area contributed by atoms with Crippen LogP contribution in [0.15, 0.2) is 58.4 Å². The first kappa shape index (κ1) is 29.7. The van der Waals surface area contributed by atoms with E-state index in [1.54, 1.807) is 37.7 Å². The van der Waals surface area contributed by atoms with Crippen LogP contribution in [0, 0.1) is 41.3 Å². The molecule has 1 saturated heterocycles. The number of benzene rings is 2. The fourth-order valence-corrected chi connectivity index (χ4v) is 10.9. The standard InChI is InChI=1S/C32H30FN3O7S2/c1-13(2)25(31(40)41)36-29(38)23-18-11-19(24(23)30(36)39)26-22(18)21(27-28(44-26)35-32(42)45-27)14-3-9-17(10-4-14)43-12-20(37)34-16-7-5-15(33)6-8-16/h3-10,13,18-19,21-26H,11-12H2,1-2H3,(H,34,37)(H,35,42)(H,40,41)/t18?,19?,21-,22?,23?,24?,25?,26?/m1/s1. The lowest BCUT2D eigenvalue weighted by atomic mass is 9.68. The van der Waals surface area contributed by atoms with Crippen LogP contribution in [0.5, 0.6) is 5.75 Å². The molecule has 0 spiro atoms. The van der Waals surface area contributed by atoms with Crippen LogP contribution in [-0.2, 0) is 19.2 Å². The number of imide groups is 1. The number of carboxylic acid groups (broad SMARTS) is 1. The van der Waals surface area contributed by atoms with E-state index < -0.39 is 47.4 Å². The number of aromatic nitrogens is 1. The van der Waals surface area contributed by atoms with Crippen molar-refractivity contribution < 1.29 is 33.4 Å². The van der Waals surface area contributed by atoms with Crippen LogP contribution in [0.3, 0.4) is 0 Å². The number of carbonyl (C=O) groups excluding carboxylic acids is 3. The third kappa shape index (κ3) is 4.87. The van der Waals surface area contributed by atoms with Crippen LogP contribution in [0.1, 0.15) is 36.6 Å². The highest BCUT2D eigenvalue weighted by atomic mass is 32.2. The van der Waals surface area contributed by atoms with E-state index in [-0.39, 0.29) is 46.3 Å². The van der Waals surface area contributed by atoms with Gasteiger partial charge < -0.3 is 20.1 Å². The molecule has 3 N–H and O–H groups in total. The Labute approximate surface area is 265 Å². The second-order valence-corrected chi connectivity index (χ2v) is 14.6. The van der Waals surface area contributed by atoms with E-state index in [9.17, 15) is 33.5 Å². The smallest absolute Gasteiger partial charge is 0.327 e. The van der Waals surface area contributed by atoms with Gasteiger partial charge in [-0.2, -0.15) is 0 Å². The number of aromatic amines is 1. The molecule has 8 atom stereocenters. The fraction of sp³-hybridized carbons (Fsp3) is 0.406. The number of H-pyrrole nitrogens is 1. The van der Waals surface area contributed by atoms with Crippen molar-refractivity contribution in [1.82, 2.24) is 9.88 Å². The molecule has 2 aliphatic heterocycles. The van der Waals surface area contributed by atoms with Gasteiger partial charge in [-0.25, -0.2) is 9.18 Å². The molecule has 3 aromatic rings. The van der Waals surface area contributed by atoms with Gasteiger partial charge in [0.25, 0.3) is 5.91 Å². The first-order valence-corrected chi connectivity index (χ1v) is 16.5. The summed E-state index contributed by atoms with van der Waals surface area (Å²) in [5.74, 6) is -4.35. The normalized spacial score (nSPS) is 28.5. The molecular weight excluding hydrogens is 621 g/mol. The summed E-state index contributed by atoms with van der Waals surface area (Å²) in [6.07, 6.45) is 0.697. The van der Waals surface area contributed by atoms with Gasteiger partial charge in [0.05, 0.1) is 16.9 Å². The molecule has 3 amide bonds. The number of rotatable bonds is 8. The van der Waals surface area contributed by atoms with Gasteiger partial charge in [0, 0.05) is 21.7 Å². The molecule has 2 saturated carbocycles. The second-order valence-electron chi connectivity index (χ2n) is 12.4. The van der Waals surface area contributed by atoms with E-state index in [2.05, 4.69) is 10.3 Å². The third-order valence-electron chi connectivity index (χ3n) is 9.66. The Bertz CT molecular complexity index is 1760. The van der Waals surface area contributed by atoms with Crippen molar-refractivity contribution in [2.24, 2.45) is 35.5 Å². The SMILES string of the molecule is CC(C)C(C(=O)O)N1C(=O)C2C3CC(C2C1=O)C1C3Sc2[nH]c(=O)sc2[C@@H]1c1ccc(OCC(=O)Nc2ccc(F)cc2)cc1. The Hall–Kier alpha value is -3.97. The summed E-state index contributed by atoms with van der Waals surface area (Å²) < 4.78 is 18.8. The summed E-state index contributed by atoms with van der Waals surface area (Å²) in [5.41, 5.74) is 1.38. The number of carbonyl (C=O) groups is 4. The predicted molar refractivity (Wildman–Crippen MR) is 164 cm³/mol. The van der Waals surface area contributed by atoms with Crippen LogP contribution >= 0.6 is 23.1 Å². The van der Waals surface area contributed by atoms with Gasteiger partial charge in [0.1, 0.15) is 17.6 Å². The fourth-order valence-electron chi connectivity index (χ4n) is 8.03. The van der Waals surface area contributed by atoms with E-state index in [0.29, 0.717) is 17.9 Å². The van der Waals surface area contributed by atoms with Crippen LogP contribution in [0.4, 0.5) is 10.1 Å². The molecule has 4 aliphatic rings. The number of thiazole rings is 1. The maximum Gasteiger partial charge on any atom is 0.327 e. The quantitative estimate of drug-likeness (QED) is 0.308. The molecule has 7 rings (SSSR count). The van der Waals surface area contributed by atoms with E-state index in [1.807, 2.05) is 12.1 Å². The minimum absolute atomic E-state index is 0.0240. The molecule has 7 unspecified atom stereocenters. The van der Waals surface area contributed by atoms with E-state index in [0.717, 1.165) is 31.7 Å². The summed E-state index contributed by atoms with van der Waals surface area (Å²) in [6.45, 7) is 3.15. The highest BCUT2D eigenvalue weighted by Gasteiger charge is 2.70. The van der Waals surface area contributed by atoms with E-state index in [1.165, 1.54) is 24.3 Å². The predicted octanol–water partition coefficient (Wildman–Crippen LogP) is 4.18. The zero-order valence-corrected chi connectivity index (χ0v) is 25.9. The van der Waals surface area contributed by atoms with Crippen molar-refractivity contribution in [3.05, 3.63) is 74.5 Å². The van der Waals surface area contributed by atoms with Crippen molar-refractivity contribution in [3.63, 3.8) is 0 Å². The molecular formula is C32H30FN3O7S2. The Morgan fingerprint density at radius 2 is 1.71 bits per heavy atom. The highest BCUT2D eigenvalue weighted by molar-refractivity contribution is 8.00. The number of likely N-dealkylation sites (tertiary alicyclic amines) is 1. The highest BCUT2D eigenvalue weighted by Crippen LogP contribution is 2.68. The summed E-state index contributed by atoms with van der Waals surface area (Å²) in [4.78, 5) is 69.2. The maximum absolute atomic E-state index is 13.8. The minimum atomic E-state index is -1.20. The number of hydrogen-bond acceptors (Lipinski definition) is 8. The monoisotopic (exact) mass is 651 g/mol. The molecule has 1 aromatic heterocycles. The largest absolute Gasteiger partial charge is 0.484 e. The number of nitrogens with zero attached hydrogens (tertiary/aromatic N) is 1. The number of aliphatic carboxylic acids is 1. The van der Waals surface area contributed by atoms with Crippen molar-refractivity contribution in [1.29, 1.82) is 0 Å². The van der Waals surface area contributed by atoms with Crippen molar-refractivity contribution in [2.45, 2.75) is 42.5 Å². The molecule has 0 radical (unpaired) electrons. The maximum atomic E-state index is 13.8.